The first-order valence-corrected chi connectivity index (χ1v) is 9.40. The minimum Gasteiger partial charge on any atom is -0.378 e. The Bertz CT molecular complexity index is 273. The Kier molecular flexibility index (Phi) is 7.01. The highest BCUT2D eigenvalue weighted by Gasteiger charge is 2.43. The summed E-state index contributed by atoms with van der Waals surface area (Å²) in [7, 11) is 1.96. The summed E-state index contributed by atoms with van der Waals surface area (Å²) in [6.07, 6.45) is 14.9. The van der Waals surface area contributed by atoms with Gasteiger partial charge in [0.2, 0.25) is 0 Å². The van der Waals surface area contributed by atoms with Gasteiger partial charge in [0.05, 0.1) is 11.7 Å². The molecule has 0 aromatic rings. The van der Waals surface area contributed by atoms with E-state index < -0.39 is 0 Å². The second kappa shape index (κ2) is 8.53. The van der Waals surface area contributed by atoms with E-state index >= 15 is 0 Å². The largest absolute Gasteiger partial charge is 0.378 e. The molecule has 0 radical (unpaired) electrons. The summed E-state index contributed by atoms with van der Waals surface area (Å²) in [6, 6.07) is 0. The lowest BCUT2D eigenvalue weighted by atomic mass is 9.66. The van der Waals surface area contributed by atoms with Crippen molar-refractivity contribution in [2.45, 2.75) is 96.2 Å². The number of hydrogen-bond acceptors (Lipinski definition) is 2. The van der Waals surface area contributed by atoms with Gasteiger partial charge >= 0.3 is 0 Å². The van der Waals surface area contributed by atoms with Crippen molar-refractivity contribution in [1.29, 1.82) is 0 Å². The van der Waals surface area contributed by atoms with Gasteiger partial charge in [-0.25, -0.2) is 0 Å². The highest BCUT2D eigenvalue weighted by atomic mass is 16.5. The molecule has 0 bridgehead atoms. The van der Waals surface area contributed by atoms with Gasteiger partial charge in [0.25, 0.3) is 0 Å². The van der Waals surface area contributed by atoms with E-state index in [0.29, 0.717) is 6.10 Å². The number of hydrogen-bond donors (Lipinski definition) is 0. The van der Waals surface area contributed by atoms with Crippen LogP contribution in [0.4, 0.5) is 0 Å². The molecule has 0 saturated heterocycles. The lowest BCUT2D eigenvalue weighted by molar-refractivity contribution is -0.113. The maximum absolute atomic E-state index is 6.12. The first-order valence-electron chi connectivity index (χ1n) is 9.40. The third-order valence-corrected chi connectivity index (χ3v) is 6.03. The van der Waals surface area contributed by atoms with Crippen LogP contribution in [-0.2, 0) is 9.47 Å². The van der Waals surface area contributed by atoms with Crippen LogP contribution in [-0.4, -0.2) is 25.4 Å². The van der Waals surface area contributed by atoms with E-state index in [4.69, 9.17) is 9.47 Å². The number of rotatable bonds is 7. The molecule has 2 aliphatic carbocycles. The number of methoxy groups -OCH3 is 1. The number of ether oxygens (including phenoxy) is 2. The zero-order valence-electron chi connectivity index (χ0n) is 14.5. The Morgan fingerprint density at radius 1 is 0.905 bits per heavy atom. The van der Waals surface area contributed by atoms with Crippen LogP contribution in [0.2, 0.25) is 0 Å². The van der Waals surface area contributed by atoms with Crippen molar-refractivity contribution in [2.75, 3.05) is 13.7 Å². The summed E-state index contributed by atoms with van der Waals surface area (Å²) >= 11 is 0. The third kappa shape index (κ3) is 4.45. The predicted molar refractivity (Wildman–Crippen MR) is 88.6 cm³/mol. The van der Waals surface area contributed by atoms with E-state index in [1.807, 2.05) is 7.11 Å². The van der Waals surface area contributed by atoms with Gasteiger partial charge in [-0.15, -0.1) is 0 Å². The summed E-state index contributed by atoms with van der Waals surface area (Å²) < 4.78 is 12.1. The first kappa shape index (κ1) is 17.3. The van der Waals surface area contributed by atoms with Gasteiger partial charge in [-0.3, -0.25) is 0 Å². The second-order valence-corrected chi connectivity index (χ2v) is 7.35. The van der Waals surface area contributed by atoms with Gasteiger partial charge in [-0.2, -0.15) is 0 Å². The molecule has 2 fully saturated rings. The summed E-state index contributed by atoms with van der Waals surface area (Å²) in [6.45, 7) is 5.44. The van der Waals surface area contributed by atoms with E-state index in [0.717, 1.165) is 24.9 Å². The second-order valence-electron chi connectivity index (χ2n) is 7.35. The van der Waals surface area contributed by atoms with E-state index in [2.05, 4.69) is 13.8 Å². The van der Waals surface area contributed by atoms with E-state index in [1.54, 1.807) is 0 Å². The summed E-state index contributed by atoms with van der Waals surface area (Å²) in [5, 5.41) is 0. The molecule has 0 atom stereocenters. The molecule has 2 aliphatic rings. The molecule has 2 heteroatoms. The van der Waals surface area contributed by atoms with Gasteiger partial charge in [0.15, 0.2) is 0 Å². The fourth-order valence-corrected chi connectivity index (χ4v) is 4.68. The molecule has 2 saturated carbocycles. The molecule has 0 heterocycles. The Morgan fingerprint density at radius 3 is 2.10 bits per heavy atom. The minimum absolute atomic E-state index is 0.194. The monoisotopic (exact) mass is 296 g/mol. The molecule has 0 unspecified atom stereocenters. The van der Waals surface area contributed by atoms with Crippen LogP contribution >= 0.6 is 0 Å². The zero-order valence-corrected chi connectivity index (χ0v) is 14.5. The van der Waals surface area contributed by atoms with Crippen LogP contribution in [0, 0.1) is 11.8 Å². The predicted octanol–water partition coefficient (Wildman–Crippen LogP) is 5.35. The standard InChI is InChI=1S/C19H36O2/c1-4-6-16-11-13-19(20-3,14-12-16)17-7-9-18(10-8-17)21-15-5-2/h16-18H,4-15H2,1-3H3. The summed E-state index contributed by atoms with van der Waals surface area (Å²) in [5.41, 5.74) is 0.194. The Morgan fingerprint density at radius 2 is 1.57 bits per heavy atom. The molecule has 2 rings (SSSR count). The Hall–Kier alpha value is -0.0800. The molecular weight excluding hydrogens is 260 g/mol. The fraction of sp³-hybridized carbons (Fsp3) is 1.00. The fourth-order valence-electron chi connectivity index (χ4n) is 4.68. The smallest absolute Gasteiger partial charge is 0.0707 e. The topological polar surface area (TPSA) is 18.5 Å². The highest BCUT2D eigenvalue weighted by Crippen LogP contribution is 2.46. The minimum atomic E-state index is 0.194. The van der Waals surface area contributed by atoms with Gasteiger partial charge in [0.1, 0.15) is 0 Å². The van der Waals surface area contributed by atoms with Gasteiger partial charge in [-0.1, -0.05) is 26.7 Å². The highest BCUT2D eigenvalue weighted by molar-refractivity contribution is 4.94. The van der Waals surface area contributed by atoms with Gasteiger partial charge < -0.3 is 9.47 Å². The molecule has 124 valence electrons. The maximum atomic E-state index is 6.12. The maximum Gasteiger partial charge on any atom is 0.0707 e. The van der Waals surface area contributed by atoms with Crippen molar-refractivity contribution < 1.29 is 9.47 Å². The summed E-state index contributed by atoms with van der Waals surface area (Å²) in [4.78, 5) is 0. The van der Waals surface area contributed by atoms with E-state index in [-0.39, 0.29) is 5.60 Å². The molecule has 0 aromatic heterocycles. The Labute approximate surface area is 132 Å². The molecule has 0 aromatic carbocycles. The lowest BCUT2D eigenvalue weighted by Crippen LogP contribution is -2.45. The normalized spacial score (nSPS) is 37.6. The van der Waals surface area contributed by atoms with Crippen molar-refractivity contribution in [2.24, 2.45) is 11.8 Å². The molecule has 21 heavy (non-hydrogen) atoms. The molecule has 0 spiro atoms. The zero-order chi connectivity index (χ0) is 15.1. The van der Waals surface area contributed by atoms with Crippen molar-refractivity contribution in [3.05, 3.63) is 0 Å². The van der Waals surface area contributed by atoms with Crippen LogP contribution in [0.15, 0.2) is 0 Å². The summed E-state index contributed by atoms with van der Waals surface area (Å²) in [5.74, 6) is 1.73. The molecular formula is C19H36O2. The van der Waals surface area contributed by atoms with Crippen LogP contribution in [0.5, 0.6) is 0 Å². The first-order chi connectivity index (χ1) is 10.2. The Balaban J connectivity index is 1.82. The molecule has 2 nitrogen and oxygen atoms in total. The van der Waals surface area contributed by atoms with Crippen molar-refractivity contribution in [3.8, 4) is 0 Å². The lowest BCUT2D eigenvalue weighted by Gasteiger charge is -2.47. The van der Waals surface area contributed by atoms with Gasteiger partial charge in [0, 0.05) is 13.7 Å². The molecule has 0 amide bonds. The van der Waals surface area contributed by atoms with Crippen molar-refractivity contribution in [1.82, 2.24) is 0 Å². The van der Waals surface area contributed by atoms with Crippen LogP contribution < -0.4 is 0 Å². The van der Waals surface area contributed by atoms with E-state index in [9.17, 15) is 0 Å². The van der Waals surface area contributed by atoms with Crippen LogP contribution in [0.1, 0.15) is 84.5 Å². The SMILES string of the molecule is CCCOC1CCC(C2(OC)CCC(CCC)CC2)CC1. The average molecular weight is 296 g/mol. The van der Waals surface area contributed by atoms with Gasteiger partial charge in [-0.05, 0) is 69.6 Å². The van der Waals surface area contributed by atoms with Crippen LogP contribution in [0.3, 0.4) is 0 Å². The quantitative estimate of drug-likeness (QED) is 0.630. The third-order valence-electron chi connectivity index (χ3n) is 6.03. The van der Waals surface area contributed by atoms with Crippen molar-refractivity contribution >= 4 is 0 Å². The van der Waals surface area contributed by atoms with E-state index in [1.165, 1.54) is 64.2 Å². The van der Waals surface area contributed by atoms with Crippen molar-refractivity contribution in [3.63, 3.8) is 0 Å². The van der Waals surface area contributed by atoms with Crippen LogP contribution in [0.25, 0.3) is 0 Å². The molecule has 0 N–H and O–H groups in total. The average Bonchev–Trinajstić information content (AvgIpc) is 2.55. The molecule has 0 aliphatic heterocycles.